The lowest BCUT2D eigenvalue weighted by Gasteiger charge is -2.40. The Bertz CT molecular complexity index is 869. The van der Waals surface area contributed by atoms with E-state index >= 15 is 0 Å². The first-order valence-electron chi connectivity index (χ1n) is 8.22. The molecule has 5 atom stereocenters. The standard InChI is InChI=1S/C17H20N4O6/c18-17-19-15(26)10(7-6-9-4-2-1-3-5-9)20-21(17)16-14(25)13(24)12(23)11(8-22)27-16/h1-7,11-14,16,22-25H,8H2,(H2,18,19,26)/b7-6+/t11-,12-,13+,14-,16-/m1/s1. The Morgan fingerprint density at radius 2 is 1.81 bits per heavy atom. The number of aliphatic hydroxyl groups is 4. The van der Waals surface area contributed by atoms with Crippen LogP contribution in [0.2, 0.25) is 0 Å². The molecule has 144 valence electrons. The fraction of sp³-hybridized carbons (Fsp3) is 0.353. The highest BCUT2D eigenvalue weighted by Crippen LogP contribution is 2.28. The monoisotopic (exact) mass is 376 g/mol. The molecular formula is C17H20N4O6. The van der Waals surface area contributed by atoms with E-state index in [1.54, 1.807) is 6.08 Å². The van der Waals surface area contributed by atoms with Gasteiger partial charge in [0.2, 0.25) is 5.95 Å². The van der Waals surface area contributed by atoms with E-state index in [0.717, 1.165) is 10.2 Å². The molecule has 1 aliphatic rings. The zero-order valence-corrected chi connectivity index (χ0v) is 14.2. The van der Waals surface area contributed by atoms with Gasteiger partial charge in [-0.1, -0.05) is 36.4 Å². The lowest BCUT2D eigenvalue weighted by molar-refractivity contribution is -0.253. The average molecular weight is 376 g/mol. The van der Waals surface area contributed by atoms with Crippen molar-refractivity contribution in [2.75, 3.05) is 12.3 Å². The number of aromatic nitrogens is 3. The van der Waals surface area contributed by atoms with E-state index in [2.05, 4.69) is 10.1 Å². The molecule has 6 N–H and O–H groups in total. The van der Waals surface area contributed by atoms with Crippen LogP contribution >= 0.6 is 0 Å². The molecule has 0 bridgehead atoms. The third-order valence-corrected chi connectivity index (χ3v) is 4.23. The second-order valence-electron chi connectivity index (χ2n) is 6.07. The fourth-order valence-electron chi connectivity index (χ4n) is 2.74. The number of rotatable bonds is 4. The van der Waals surface area contributed by atoms with E-state index in [9.17, 15) is 25.2 Å². The maximum atomic E-state index is 12.1. The molecule has 1 aromatic heterocycles. The van der Waals surface area contributed by atoms with Crippen molar-refractivity contribution in [1.82, 2.24) is 14.8 Å². The Labute approximate surface area is 153 Å². The summed E-state index contributed by atoms with van der Waals surface area (Å²) in [5.74, 6) is -0.346. The number of benzene rings is 1. The highest BCUT2D eigenvalue weighted by molar-refractivity contribution is 5.67. The molecule has 0 aliphatic carbocycles. The molecule has 0 radical (unpaired) electrons. The number of hydrogen-bond donors (Lipinski definition) is 5. The summed E-state index contributed by atoms with van der Waals surface area (Å²) in [6, 6.07) is 9.18. The van der Waals surface area contributed by atoms with Crippen molar-refractivity contribution in [3.63, 3.8) is 0 Å². The summed E-state index contributed by atoms with van der Waals surface area (Å²) in [6.45, 7) is -0.601. The molecule has 0 spiro atoms. The summed E-state index contributed by atoms with van der Waals surface area (Å²) in [6.07, 6.45) is -4.14. The van der Waals surface area contributed by atoms with Gasteiger partial charge in [0.15, 0.2) is 11.9 Å². The van der Waals surface area contributed by atoms with Gasteiger partial charge in [-0.25, -0.2) is 4.68 Å². The zero-order chi connectivity index (χ0) is 19.6. The average Bonchev–Trinajstić information content (AvgIpc) is 2.67. The van der Waals surface area contributed by atoms with Gasteiger partial charge in [-0.05, 0) is 11.6 Å². The van der Waals surface area contributed by atoms with Crippen LogP contribution < -0.4 is 11.3 Å². The van der Waals surface area contributed by atoms with Crippen molar-refractivity contribution in [1.29, 1.82) is 0 Å². The number of ether oxygens (including phenoxy) is 1. The first-order chi connectivity index (χ1) is 12.9. The minimum atomic E-state index is -1.61. The van der Waals surface area contributed by atoms with Crippen molar-refractivity contribution in [3.8, 4) is 0 Å². The molecule has 10 nitrogen and oxygen atoms in total. The molecule has 0 saturated carbocycles. The van der Waals surface area contributed by atoms with Gasteiger partial charge in [0, 0.05) is 0 Å². The molecule has 27 heavy (non-hydrogen) atoms. The van der Waals surface area contributed by atoms with Gasteiger partial charge >= 0.3 is 5.56 Å². The predicted molar refractivity (Wildman–Crippen MR) is 95.1 cm³/mol. The van der Waals surface area contributed by atoms with E-state index in [-0.39, 0.29) is 11.6 Å². The molecule has 1 aliphatic heterocycles. The molecule has 0 amide bonds. The third kappa shape index (κ3) is 3.89. The molecule has 1 fully saturated rings. The van der Waals surface area contributed by atoms with Crippen LogP contribution in [0.1, 0.15) is 17.5 Å². The van der Waals surface area contributed by atoms with E-state index in [1.165, 1.54) is 6.08 Å². The van der Waals surface area contributed by atoms with Gasteiger partial charge in [-0.15, -0.1) is 0 Å². The van der Waals surface area contributed by atoms with Crippen molar-refractivity contribution in [2.24, 2.45) is 0 Å². The van der Waals surface area contributed by atoms with Gasteiger partial charge in [0.25, 0.3) is 0 Å². The van der Waals surface area contributed by atoms with Crippen LogP contribution in [0.15, 0.2) is 35.1 Å². The molecule has 2 heterocycles. The van der Waals surface area contributed by atoms with E-state index < -0.39 is 42.8 Å². The molecule has 1 saturated heterocycles. The maximum absolute atomic E-state index is 12.1. The maximum Gasteiger partial charge on any atom is 0.300 e. The molecule has 10 heteroatoms. The Balaban J connectivity index is 1.96. The molecule has 3 rings (SSSR count). The first kappa shape index (κ1) is 19.1. The van der Waals surface area contributed by atoms with Crippen molar-refractivity contribution in [2.45, 2.75) is 30.6 Å². The minimum absolute atomic E-state index is 0.0648. The predicted octanol–water partition coefficient (Wildman–Crippen LogP) is -1.64. The Morgan fingerprint density at radius 3 is 2.48 bits per heavy atom. The summed E-state index contributed by atoms with van der Waals surface area (Å²) in [5.41, 5.74) is 5.81. The Hall–Kier alpha value is -2.63. The van der Waals surface area contributed by atoms with Crippen molar-refractivity contribution < 1.29 is 25.2 Å². The number of nitrogens with zero attached hydrogens (tertiary/aromatic N) is 3. The lowest BCUT2D eigenvalue weighted by Crippen LogP contribution is -2.57. The van der Waals surface area contributed by atoms with Gasteiger partial charge in [0.1, 0.15) is 24.4 Å². The van der Waals surface area contributed by atoms with E-state index in [0.29, 0.717) is 0 Å². The smallest absolute Gasteiger partial charge is 0.300 e. The van der Waals surface area contributed by atoms with Gasteiger partial charge in [0.05, 0.1) is 6.61 Å². The Morgan fingerprint density at radius 1 is 1.11 bits per heavy atom. The number of hydrogen-bond acceptors (Lipinski definition) is 9. The third-order valence-electron chi connectivity index (χ3n) is 4.23. The lowest BCUT2D eigenvalue weighted by atomic mass is 9.98. The molecule has 0 unspecified atom stereocenters. The van der Waals surface area contributed by atoms with E-state index in [4.69, 9.17) is 10.5 Å². The largest absolute Gasteiger partial charge is 0.394 e. The zero-order valence-electron chi connectivity index (χ0n) is 14.2. The quantitative estimate of drug-likeness (QED) is 0.421. The Kier molecular flexibility index (Phi) is 5.63. The summed E-state index contributed by atoms with van der Waals surface area (Å²) in [4.78, 5) is 15.7. The molecule has 1 aromatic carbocycles. The van der Waals surface area contributed by atoms with Gasteiger partial charge < -0.3 is 30.9 Å². The summed E-state index contributed by atoms with van der Waals surface area (Å²) >= 11 is 0. The van der Waals surface area contributed by atoms with Crippen LogP contribution in [0.5, 0.6) is 0 Å². The van der Waals surface area contributed by atoms with Crippen molar-refractivity contribution in [3.05, 3.63) is 51.9 Å². The highest BCUT2D eigenvalue weighted by atomic mass is 16.6. The summed E-state index contributed by atoms with van der Waals surface area (Å²) < 4.78 is 6.34. The van der Waals surface area contributed by atoms with Crippen LogP contribution in [-0.4, -0.2) is 66.2 Å². The molecule has 2 aromatic rings. The van der Waals surface area contributed by atoms with Crippen LogP contribution in [0, 0.1) is 0 Å². The van der Waals surface area contributed by atoms with Crippen LogP contribution in [0.4, 0.5) is 5.95 Å². The second kappa shape index (κ2) is 7.94. The number of anilines is 1. The topological polar surface area (TPSA) is 164 Å². The number of nitrogens with two attached hydrogens (primary N) is 1. The van der Waals surface area contributed by atoms with Crippen LogP contribution in [0.3, 0.4) is 0 Å². The summed E-state index contributed by atoms with van der Waals surface area (Å²) in [5, 5.41) is 43.4. The highest BCUT2D eigenvalue weighted by Gasteiger charge is 2.45. The number of nitrogen functional groups attached to an aromatic ring is 1. The fourth-order valence-corrected chi connectivity index (χ4v) is 2.74. The van der Waals surface area contributed by atoms with Gasteiger partial charge in [-0.2, -0.15) is 10.1 Å². The molecular weight excluding hydrogens is 356 g/mol. The second-order valence-corrected chi connectivity index (χ2v) is 6.07. The minimum Gasteiger partial charge on any atom is -0.394 e. The summed E-state index contributed by atoms with van der Waals surface area (Å²) in [7, 11) is 0. The first-order valence-corrected chi connectivity index (χ1v) is 8.22. The van der Waals surface area contributed by atoms with Crippen LogP contribution in [0.25, 0.3) is 12.2 Å². The van der Waals surface area contributed by atoms with Crippen LogP contribution in [-0.2, 0) is 4.74 Å². The van der Waals surface area contributed by atoms with Crippen molar-refractivity contribution >= 4 is 18.1 Å². The number of aliphatic hydroxyl groups excluding tert-OH is 4. The van der Waals surface area contributed by atoms with E-state index in [1.807, 2.05) is 30.3 Å². The van der Waals surface area contributed by atoms with Gasteiger partial charge in [-0.3, -0.25) is 4.79 Å². The SMILES string of the molecule is Nc1nc(=O)c(/C=C/c2ccccc2)nn1[C@@H]1O[C@H](CO)[C@@H](O)[C@H](O)[C@H]1O. The normalized spacial score (nSPS) is 28.5.